The minimum absolute atomic E-state index is 0.0429. The number of rotatable bonds is 4. The molecule has 2 rings (SSSR count). The molecule has 1 aliphatic carbocycles. The van der Waals surface area contributed by atoms with Crippen LogP contribution in [-0.4, -0.2) is 23.5 Å². The van der Waals surface area contributed by atoms with Crippen molar-refractivity contribution in [3.05, 3.63) is 35.6 Å². The molecule has 3 nitrogen and oxygen atoms in total. The second-order valence-corrected chi connectivity index (χ2v) is 5.07. The van der Waals surface area contributed by atoms with Crippen LogP contribution in [0.3, 0.4) is 0 Å². The Morgan fingerprint density at radius 3 is 2.79 bits per heavy atom. The molecule has 0 heterocycles. The second-order valence-electron chi connectivity index (χ2n) is 5.07. The quantitative estimate of drug-likeness (QED) is 0.889. The number of amides is 2. The Morgan fingerprint density at radius 1 is 1.42 bits per heavy atom. The number of hydrogen-bond acceptors (Lipinski definition) is 1. The van der Waals surface area contributed by atoms with Gasteiger partial charge in [0, 0.05) is 19.1 Å². The molecule has 0 aromatic heterocycles. The summed E-state index contributed by atoms with van der Waals surface area (Å²) in [5.41, 5.74) is 0.823. The van der Waals surface area contributed by atoms with Gasteiger partial charge in [0.05, 0.1) is 0 Å². The van der Waals surface area contributed by atoms with E-state index in [0.717, 1.165) is 18.4 Å². The van der Waals surface area contributed by atoms with E-state index >= 15 is 0 Å². The third-order valence-corrected chi connectivity index (χ3v) is 3.61. The topological polar surface area (TPSA) is 32.3 Å². The number of hydrogen-bond donors (Lipinski definition) is 1. The Kier molecular flexibility index (Phi) is 4.77. The van der Waals surface area contributed by atoms with Crippen molar-refractivity contribution in [3.63, 3.8) is 0 Å². The second kappa shape index (κ2) is 6.55. The highest BCUT2D eigenvalue weighted by Crippen LogP contribution is 2.18. The highest BCUT2D eigenvalue weighted by molar-refractivity contribution is 5.74. The van der Waals surface area contributed by atoms with Gasteiger partial charge in [0.25, 0.3) is 0 Å². The molecule has 1 N–H and O–H groups in total. The average molecular weight is 264 g/mol. The first kappa shape index (κ1) is 13.8. The molecule has 19 heavy (non-hydrogen) atoms. The molecule has 1 fully saturated rings. The Morgan fingerprint density at radius 2 is 2.16 bits per heavy atom. The van der Waals surface area contributed by atoms with Crippen LogP contribution in [0.2, 0.25) is 0 Å². The van der Waals surface area contributed by atoms with Crippen LogP contribution in [0.5, 0.6) is 0 Å². The highest BCUT2D eigenvalue weighted by Gasteiger charge is 2.20. The van der Waals surface area contributed by atoms with Crippen LogP contribution in [0, 0.1) is 5.82 Å². The van der Waals surface area contributed by atoms with E-state index in [-0.39, 0.29) is 11.8 Å². The van der Waals surface area contributed by atoms with Crippen LogP contribution in [0.15, 0.2) is 24.3 Å². The molecule has 0 atom stereocenters. The van der Waals surface area contributed by atoms with Gasteiger partial charge in [-0.3, -0.25) is 0 Å². The van der Waals surface area contributed by atoms with E-state index in [0.29, 0.717) is 19.1 Å². The van der Waals surface area contributed by atoms with Gasteiger partial charge in [0.15, 0.2) is 0 Å². The molecule has 1 aromatic rings. The van der Waals surface area contributed by atoms with Gasteiger partial charge in [-0.25, -0.2) is 9.18 Å². The number of nitrogens with zero attached hydrogens (tertiary/aromatic N) is 1. The molecule has 1 aliphatic rings. The van der Waals surface area contributed by atoms with Crippen molar-refractivity contribution in [3.8, 4) is 0 Å². The molecule has 4 heteroatoms. The van der Waals surface area contributed by atoms with Gasteiger partial charge in [-0.2, -0.15) is 0 Å². The third kappa shape index (κ3) is 3.94. The zero-order valence-electron chi connectivity index (χ0n) is 11.4. The van der Waals surface area contributed by atoms with Crippen molar-refractivity contribution in [1.29, 1.82) is 0 Å². The molecule has 0 bridgehead atoms. The summed E-state index contributed by atoms with van der Waals surface area (Å²) in [4.78, 5) is 13.9. The van der Waals surface area contributed by atoms with Crippen molar-refractivity contribution in [1.82, 2.24) is 10.2 Å². The Labute approximate surface area is 113 Å². The standard InChI is InChI=1S/C15H21FN2O/c1-2-18(11-12-6-5-7-13(16)10-12)15(19)17-14-8-3-4-9-14/h5-7,10,14H,2-4,8-9,11H2,1H3,(H,17,19). The first-order valence-electron chi connectivity index (χ1n) is 6.99. The summed E-state index contributed by atoms with van der Waals surface area (Å²) >= 11 is 0. The largest absolute Gasteiger partial charge is 0.335 e. The fraction of sp³-hybridized carbons (Fsp3) is 0.533. The molecule has 0 unspecified atom stereocenters. The Bertz CT molecular complexity index is 430. The number of carbonyl (C=O) groups excluding carboxylic acids is 1. The maximum absolute atomic E-state index is 13.1. The van der Waals surface area contributed by atoms with E-state index in [2.05, 4.69) is 5.32 Å². The fourth-order valence-corrected chi connectivity index (χ4v) is 2.52. The summed E-state index contributed by atoms with van der Waals surface area (Å²) in [6.07, 6.45) is 4.54. The van der Waals surface area contributed by atoms with Gasteiger partial charge in [-0.1, -0.05) is 25.0 Å². The molecular formula is C15H21FN2O. The van der Waals surface area contributed by atoms with Crippen molar-refractivity contribution in [2.24, 2.45) is 0 Å². The summed E-state index contributed by atoms with van der Waals surface area (Å²) in [6, 6.07) is 6.68. The number of nitrogens with one attached hydrogen (secondary N) is 1. The van der Waals surface area contributed by atoms with Crippen molar-refractivity contribution in [2.45, 2.75) is 45.2 Å². The van der Waals surface area contributed by atoms with E-state index in [1.807, 2.05) is 13.0 Å². The van der Waals surface area contributed by atoms with Gasteiger partial charge in [0.2, 0.25) is 0 Å². The number of halogens is 1. The van der Waals surface area contributed by atoms with Crippen LogP contribution in [0.4, 0.5) is 9.18 Å². The first-order valence-corrected chi connectivity index (χ1v) is 6.99. The Balaban J connectivity index is 1.93. The molecule has 0 saturated heterocycles. The van der Waals surface area contributed by atoms with Crippen LogP contribution >= 0.6 is 0 Å². The van der Waals surface area contributed by atoms with E-state index in [1.165, 1.54) is 25.0 Å². The van der Waals surface area contributed by atoms with Gasteiger partial charge >= 0.3 is 6.03 Å². The summed E-state index contributed by atoms with van der Waals surface area (Å²) in [5.74, 6) is -0.259. The lowest BCUT2D eigenvalue weighted by atomic mass is 10.2. The number of urea groups is 1. The molecule has 1 saturated carbocycles. The van der Waals surface area contributed by atoms with Crippen molar-refractivity contribution >= 4 is 6.03 Å². The average Bonchev–Trinajstić information content (AvgIpc) is 2.88. The minimum Gasteiger partial charge on any atom is -0.335 e. The van der Waals surface area contributed by atoms with E-state index in [4.69, 9.17) is 0 Å². The lowest BCUT2D eigenvalue weighted by Gasteiger charge is -2.23. The first-order chi connectivity index (χ1) is 9.19. The molecular weight excluding hydrogens is 243 g/mol. The molecule has 2 amide bonds. The zero-order chi connectivity index (χ0) is 13.7. The smallest absolute Gasteiger partial charge is 0.317 e. The van der Waals surface area contributed by atoms with Crippen LogP contribution < -0.4 is 5.32 Å². The summed E-state index contributed by atoms with van der Waals surface area (Å²) in [6.45, 7) is 3.01. The summed E-state index contributed by atoms with van der Waals surface area (Å²) < 4.78 is 13.1. The monoisotopic (exact) mass is 264 g/mol. The fourth-order valence-electron chi connectivity index (χ4n) is 2.52. The summed E-state index contributed by atoms with van der Waals surface area (Å²) in [7, 11) is 0. The van der Waals surface area contributed by atoms with Crippen molar-refractivity contribution < 1.29 is 9.18 Å². The van der Waals surface area contributed by atoms with E-state index in [9.17, 15) is 9.18 Å². The maximum Gasteiger partial charge on any atom is 0.317 e. The molecule has 104 valence electrons. The predicted molar refractivity (Wildman–Crippen MR) is 73.3 cm³/mol. The van der Waals surface area contributed by atoms with Gasteiger partial charge in [-0.15, -0.1) is 0 Å². The van der Waals surface area contributed by atoms with Gasteiger partial charge < -0.3 is 10.2 Å². The van der Waals surface area contributed by atoms with Crippen LogP contribution in [-0.2, 0) is 6.54 Å². The molecule has 0 aliphatic heterocycles. The van der Waals surface area contributed by atoms with Gasteiger partial charge in [0.1, 0.15) is 5.82 Å². The maximum atomic E-state index is 13.1. The zero-order valence-corrected chi connectivity index (χ0v) is 11.4. The highest BCUT2D eigenvalue weighted by atomic mass is 19.1. The molecule has 0 radical (unpaired) electrons. The number of benzene rings is 1. The predicted octanol–water partition coefficient (Wildman–Crippen LogP) is 3.30. The molecule has 0 spiro atoms. The van der Waals surface area contributed by atoms with Gasteiger partial charge in [-0.05, 0) is 37.5 Å². The summed E-state index contributed by atoms with van der Waals surface area (Å²) in [5, 5.41) is 3.06. The lowest BCUT2D eigenvalue weighted by molar-refractivity contribution is 0.194. The normalized spacial score (nSPS) is 15.5. The lowest BCUT2D eigenvalue weighted by Crippen LogP contribution is -2.43. The minimum atomic E-state index is -0.259. The van der Waals surface area contributed by atoms with Crippen LogP contribution in [0.1, 0.15) is 38.2 Å². The number of carbonyl (C=O) groups is 1. The molecule has 1 aromatic carbocycles. The van der Waals surface area contributed by atoms with E-state index in [1.54, 1.807) is 11.0 Å². The van der Waals surface area contributed by atoms with E-state index < -0.39 is 0 Å². The van der Waals surface area contributed by atoms with Crippen molar-refractivity contribution in [2.75, 3.05) is 6.54 Å². The third-order valence-electron chi connectivity index (χ3n) is 3.61. The van der Waals surface area contributed by atoms with Crippen LogP contribution in [0.25, 0.3) is 0 Å². The Hall–Kier alpha value is -1.58. The SMILES string of the molecule is CCN(Cc1cccc(F)c1)C(=O)NC1CCCC1.